The van der Waals surface area contributed by atoms with E-state index in [9.17, 15) is 4.79 Å². The number of nitrogens with zero attached hydrogens (tertiary/aromatic N) is 5. The lowest BCUT2D eigenvalue weighted by atomic mass is 10.2. The van der Waals surface area contributed by atoms with Crippen molar-refractivity contribution >= 4 is 11.7 Å². The molecule has 0 aliphatic carbocycles. The molecule has 2 heterocycles. The Morgan fingerprint density at radius 1 is 1.27 bits per heavy atom. The highest BCUT2D eigenvalue weighted by molar-refractivity contribution is 5.80. The maximum Gasteiger partial charge on any atom is 0.239 e. The fraction of sp³-hybridized carbons (Fsp3) is 0.158. The highest BCUT2D eigenvalue weighted by atomic mass is 16.2. The van der Waals surface area contributed by atoms with E-state index in [2.05, 4.69) is 15.4 Å². The molecule has 0 unspecified atom stereocenters. The maximum absolute atomic E-state index is 12.3. The zero-order valence-corrected chi connectivity index (χ0v) is 14.3. The van der Waals surface area contributed by atoms with Crippen molar-refractivity contribution in [2.24, 2.45) is 0 Å². The van der Waals surface area contributed by atoms with Crippen LogP contribution in [0.3, 0.4) is 0 Å². The second-order valence-electron chi connectivity index (χ2n) is 5.73. The van der Waals surface area contributed by atoms with Gasteiger partial charge in [0.25, 0.3) is 0 Å². The molecule has 7 nitrogen and oxygen atoms in total. The van der Waals surface area contributed by atoms with Gasteiger partial charge in [-0.15, -0.1) is 0 Å². The number of benzene rings is 1. The van der Waals surface area contributed by atoms with Crippen LogP contribution in [-0.2, 0) is 11.3 Å². The summed E-state index contributed by atoms with van der Waals surface area (Å²) < 4.78 is 1.77. The standard InChI is InChI=1S/C19H18N6O/c1-24(18-8-7-15(11-20)12-21-18)14-19(26)22-13-16-5-2-3-6-17(16)25-10-4-9-23-25/h2-10,12H,13-14H2,1H3,(H,22,26). The van der Waals surface area contributed by atoms with Gasteiger partial charge in [-0.3, -0.25) is 4.79 Å². The van der Waals surface area contributed by atoms with Gasteiger partial charge in [0.1, 0.15) is 11.9 Å². The summed E-state index contributed by atoms with van der Waals surface area (Å²) in [7, 11) is 1.78. The third-order valence-electron chi connectivity index (χ3n) is 3.87. The fourth-order valence-electron chi connectivity index (χ4n) is 2.52. The summed E-state index contributed by atoms with van der Waals surface area (Å²) in [4.78, 5) is 18.2. The Hall–Kier alpha value is -3.66. The van der Waals surface area contributed by atoms with Gasteiger partial charge in [0, 0.05) is 32.2 Å². The SMILES string of the molecule is CN(CC(=O)NCc1ccccc1-n1cccn1)c1ccc(C#N)cn1. The van der Waals surface area contributed by atoms with Crippen LogP contribution in [0.1, 0.15) is 11.1 Å². The first-order chi connectivity index (χ1) is 12.7. The molecule has 7 heteroatoms. The van der Waals surface area contributed by atoms with Gasteiger partial charge in [0.2, 0.25) is 5.91 Å². The topological polar surface area (TPSA) is 86.8 Å². The first kappa shape index (κ1) is 17.2. The predicted octanol–water partition coefficient (Wildman–Crippen LogP) is 1.89. The predicted molar refractivity (Wildman–Crippen MR) is 97.6 cm³/mol. The van der Waals surface area contributed by atoms with Gasteiger partial charge in [-0.2, -0.15) is 10.4 Å². The molecule has 3 rings (SSSR count). The Bertz CT molecular complexity index is 912. The van der Waals surface area contributed by atoms with Crippen molar-refractivity contribution in [1.82, 2.24) is 20.1 Å². The van der Waals surface area contributed by atoms with E-state index < -0.39 is 0 Å². The van der Waals surface area contributed by atoms with Crippen molar-refractivity contribution in [2.75, 3.05) is 18.5 Å². The van der Waals surface area contributed by atoms with Gasteiger partial charge in [-0.25, -0.2) is 9.67 Å². The van der Waals surface area contributed by atoms with Crippen LogP contribution >= 0.6 is 0 Å². The number of aromatic nitrogens is 3. The lowest BCUT2D eigenvalue weighted by molar-refractivity contribution is -0.119. The minimum Gasteiger partial charge on any atom is -0.350 e. The van der Waals surface area contributed by atoms with E-state index in [1.807, 2.05) is 42.6 Å². The van der Waals surface area contributed by atoms with E-state index in [0.29, 0.717) is 17.9 Å². The van der Waals surface area contributed by atoms with Gasteiger partial charge in [-0.05, 0) is 29.8 Å². The summed E-state index contributed by atoms with van der Waals surface area (Å²) in [5.41, 5.74) is 2.39. The summed E-state index contributed by atoms with van der Waals surface area (Å²) in [6, 6.07) is 15.1. The second-order valence-corrected chi connectivity index (χ2v) is 5.73. The van der Waals surface area contributed by atoms with E-state index >= 15 is 0 Å². The number of pyridine rings is 1. The van der Waals surface area contributed by atoms with Crippen LogP contribution in [0.15, 0.2) is 61.1 Å². The van der Waals surface area contributed by atoms with Crippen molar-refractivity contribution in [3.05, 3.63) is 72.2 Å². The Labute approximate surface area is 151 Å². The first-order valence-corrected chi connectivity index (χ1v) is 8.09. The van der Waals surface area contributed by atoms with Crippen molar-refractivity contribution in [3.8, 4) is 11.8 Å². The summed E-state index contributed by atoms with van der Waals surface area (Å²) in [5, 5.41) is 16.0. The third-order valence-corrected chi connectivity index (χ3v) is 3.87. The monoisotopic (exact) mass is 346 g/mol. The number of hydrogen-bond acceptors (Lipinski definition) is 5. The van der Waals surface area contributed by atoms with Gasteiger partial charge >= 0.3 is 0 Å². The minimum absolute atomic E-state index is 0.117. The first-order valence-electron chi connectivity index (χ1n) is 8.09. The molecule has 1 amide bonds. The number of hydrogen-bond donors (Lipinski definition) is 1. The number of nitrogens with one attached hydrogen (secondary N) is 1. The normalized spacial score (nSPS) is 10.2. The number of para-hydroxylation sites is 1. The number of amides is 1. The Morgan fingerprint density at radius 2 is 2.12 bits per heavy atom. The zero-order chi connectivity index (χ0) is 18.4. The van der Waals surface area contributed by atoms with Crippen LogP contribution < -0.4 is 10.2 Å². The largest absolute Gasteiger partial charge is 0.350 e. The highest BCUT2D eigenvalue weighted by Gasteiger charge is 2.10. The highest BCUT2D eigenvalue weighted by Crippen LogP contribution is 2.13. The summed E-state index contributed by atoms with van der Waals surface area (Å²) in [5.74, 6) is 0.519. The van der Waals surface area contributed by atoms with E-state index in [4.69, 9.17) is 5.26 Å². The smallest absolute Gasteiger partial charge is 0.239 e. The van der Waals surface area contributed by atoms with Gasteiger partial charge in [0.15, 0.2) is 0 Å². The molecule has 0 fully saturated rings. The van der Waals surface area contributed by atoms with Crippen molar-refractivity contribution in [3.63, 3.8) is 0 Å². The number of carbonyl (C=O) groups excluding carboxylic acids is 1. The lowest BCUT2D eigenvalue weighted by Gasteiger charge is -2.18. The number of carbonyl (C=O) groups is 1. The quantitative estimate of drug-likeness (QED) is 0.736. The molecule has 130 valence electrons. The molecule has 1 N–H and O–H groups in total. The van der Waals surface area contributed by atoms with Crippen LogP contribution in [0, 0.1) is 11.3 Å². The molecule has 0 bridgehead atoms. The number of anilines is 1. The van der Waals surface area contributed by atoms with Gasteiger partial charge in [-0.1, -0.05) is 18.2 Å². The average molecular weight is 346 g/mol. The third kappa shape index (κ3) is 4.05. The summed E-state index contributed by atoms with van der Waals surface area (Å²) in [6.45, 7) is 0.576. The molecule has 1 aromatic carbocycles. The molecule has 3 aromatic rings. The lowest BCUT2D eigenvalue weighted by Crippen LogP contribution is -2.35. The Morgan fingerprint density at radius 3 is 2.81 bits per heavy atom. The van der Waals surface area contributed by atoms with E-state index in [1.54, 1.807) is 35.0 Å². The molecule has 0 saturated heterocycles. The second kappa shape index (κ2) is 7.94. The van der Waals surface area contributed by atoms with Crippen molar-refractivity contribution in [1.29, 1.82) is 5.26 Å². The molecule has 0 atom stereocenters. The molecule has 0 spiro atoms. The molecular weight excluding hydrogens is 328 g/mol. The zero-order valence-electron chi connectivity index (χ0n) is 14.3. The number of rotatable bonds is 6. The molecular formula is C19H18N6O. The van der Waals surface area contributed by atoms with E-state index in [0.717, 1.165) is 11.3 Å². The number of likely N-dealkylation sites (N-methyl/N-ethyl adjacent to an activating group) is 1. The summed E-state index contributed by atoms with van der Waals surface area (Å²) in [6.07, 6.45) is 5.07. The molecule has 0 radical (unpaired) electrons. The molecule has 0 aliphatic rings. The van der Waals surface area contributed by atoms with Gasteiger partial charge < -0.3 is 10.2 Å². The van der Waals surface area contributed by atoms with E-state index in [-0.39, 0.29) is 12.5 Å². The Kier molecular flexibility index (Phi) is 5.25. The van der Waals surface area contributed by atoms with Crippen LogP contribution in [0.5, 0.6) is 0 Å². The van der Waals surface area contributed by atoms with Crippen LogP contribution in [0.4, 0.5) is 5.82 Å². The van der Waals surface area contributed by atoms with Crippen LogP contribution in [0.2, 0.25) is 0 Å². The maximum atomic E-state index is 12.3. The molecule has 2 aromatic heterocycles. The molecule has 0 aliphatic heterocycles. The van der Waals surface area contributed by atoms with Crippen LogP contribution in [-0.4, -0.2) is 34.3 Å². The molecule has 26 heavy (non-hydrogen) atoms. The van der Waals surface area contributed by atoms with Crippen molar-refractivity contribution < 1.29 is 4.79 Å². The van der Waals surface area contributed by atoms with Crippen molar-refractivity contribution in [2.45, 2.75) is 6.54 Å². The van der Waals surface area contributed by atoms with Crippen LogP contribution in [0.25, 0.3) is 5.69 Å². The number of nitriles is 1. The average Bonchev–Trinajstić information content (AvgIpc) is 3.21. The van der Waals surface area contributed by atoms with E-state index in [1.165, 1.54) is 6.20 Å². The summed E-state index contributed by atoms with van der Waals surface area (Å²) >= 11 is 0. The van der Waals surface area contributed by atoms with Gasteiger partial charge in [0.05, 0.1) is 17.8 Å². The minimum atomic E-state index is -0.117. The Balaban J connectivity index is 1.60. The molecule has 0 saturated carbocycles. The fourth-order valence-corrected chi connectivity index (χ4v) is 2.52.